The standard InChI is InChI=1S/C19H25N3O3/c1-19(2,3)25-18(23)22-11-9-21(10-12-22)16-5-6-17(24-4)14-7-8-20-13-15(14)16/h5-8,13H,9-12H2,1-4H3. The van der Waals surface area contributed by atoms with Gasteiger partial charge in [-0.2, -0.15) is 0 Å². The van der Waals surface area contributed by atoms with Gasteiger partial charge >= 0.3 is 6.09 Å². The summed E-state index contributed by atoms with van der Waals surface area (Å²) in [6.45, 7) is 8.46. The van der Waals surface area contributed by atoms with E-state index < -0.39 is 5.60 Å². The molecule has 1 fully saturated rings. The van der Waals surface area contributed by atoms with Crippen molar-refractivity contribution in [3.05, 3.63) is 30.6 Å². The number of rotatable bonds is 2. The molecular weight excluding hydrogens is 318 g/mol. The van der Waals surface area contributed by atoms with E-state index in [9.17, 15) is 4.79 Å². The Hall–Kier alpha value is -2.50. The molecule has 0 N–H and O–H groups in total. The van der Waals surface area contributed by atoms with Crippen LogP contribution in [-0.2, 0) is 4.74 Å². The van der Waals surface area contributed by atoms with Crippen molar-refractivity contribution >= 4 is 22.6 Å². The van der Waals surface area contributed by atoms with Gasteiger partial charge in [0.2, 0.25) is 0 Å². The van der Waals surface area contributed by atoms with E-state index in [2.05, 4.69) is 16.0 Å². The zero-order chi connectivity index (χ0) is 18.0. The van der Waals surface area contributed by atoms with Gasteiger partial charge in [-0.05, 0) is 39.0 Å². The van der Waals surface area contributed by atoms with E-state index in [1.54, 1.807) is 18.2 Å². The van der Waals surface area contributed by atoms with Crippen molar-refractivity contribution in [3.8, 4) is 5.75 Å². The Labute approximate surface area is 148 Å². The Morgan fingerprint density at radius 1 is 1.08 bits per heavy atom. The highest BCUT2D eigenvalue weighted by Crippen LogP contribution is 2.33. The minimum Gasteiger partial charge on any atom is -0.496 e. The van der Waals surface area contributed by atoms with Gasteiger partial charge in [-0.25, -0.2) is 4.79 Å². The second-order valence-corrected chi connectivity index (χ2v) is 7.16. The van der Waals surface area contributed by atoms with Crippen molar-refractivity contribution in [2.24, 2.45) is 0 Å². The van der Waals surface area contributed by atoms with Gasteiger partial charge < -0.3 is 19.3 Å². The van der Waals surface area contributed by atoms with Crippen molar-refractivity contribution in [3.63, 3.8) is 0 Å². The van der Waals surface area contributed by atoms with Crippen LogP contribution >= 0.6 is 0 Å². The number of hydrogen-bond donors (Lipinski definition) is 0. The van der Waals surface area contributed by atoms with Crippen molar-refractivity contribution in [2.45, 2.75) is 26.4 Å². The Morgan fingerprint density at radius 2 is 1.80 bits per heavy atom. The van der Waals surface area contributed by atoms with Gasteiger partial charge in [-0.3, -0.25) is 4.98 Å². The van der Waals surface area contributed by atoms with Crippen LogP contribution in [0.4, 0.5) is 10.5 Å². The predicted molar refractivity (Wildman–Crippen MR) is 98.3 cm³/mol. The van der Waals surface area contributed by atoms with Crippen molar-refractivity contribution < 1.29 is 14.3 Å². The Bertz CT molecular complexity index is 762. The van der Waals surface area contributed by atoms with Crippen LogP contribution in [0, 0.1) is 0 Å². The monoisotopic (exact) mass is 343 g/mol. The van der Waals surface area contributed by atoms with Gasteiger partial charge in [0.25, 0.3) is 0 Å². The van der Waals surface area contributed by atoms with Gasteiger partial charge in [0, 0.05) is 55.0 Å². The molecule has 0 unspecified atom stereocenters. The molecule has 0 atom stereocenters. The summed E-state index contributed by atoms with van der Waals surface area (Å²) in [5, 5.41) is 2.11. The maximum absolute atomic E-state index is 12.2. The van der Waals surface area contributed by atoms with Gasteiger partial charge in [0.1, 0.15) is 11.4 Å². The zero-order valence-corrected chi connectivity index (χ0v) is 15.3. The van der Waals surface area contributed by atoms with E-state index in [4.69, 9.17) is 9.47 Å². The number of fused-ring (bicyclic) bond motifs is 1. The van der Waals surface area contributed by atoms with Crippen LogP contribution in [0.2, 0.25) is 0 Å². The van der Waals surface area contributed by atoms with Crippen LogP contribution in [0.1, 0.15) is 20.8 Å². The average molecular weight is 343 g/mol. The number of benzene rings is 1. The van der Waals surface area contributed by atoms with E-state index in [1.165, 1.54) is 0 Å². The summed E-state index contributed by atoms with van der Waals surface area (Å²) < 4.78 is 10.9. The summed E-state index contributed by atoms with van der Waals surface area (Å²) in [4.78, 5) is 20.5. The summed E-state index contributed by atoms with van der Waals surface area (Å²) in [5.41, 5.74) is 0.652. The van der Waals surface area contributed by atoms with Crippen LogP contribution in [0.25, 0.3) is 10.8 Å². The summed E-state index contributed by atoms with van der Waals surface area (Å²) >= 11 is 0. The van der Waals surface area contributed by atoms with Crippen LogP contribution in [-0.4, -0.2) is 54.9 Å². The molecular formula is C19H25N3O3. The normalized spacial score (nSPS) is 15.4. The molecule has 2 aromatic rings. The van der Waals surface area contributed by atoms with Crippen LogP contribution in [0.15, 0.2) is 30.6 Å². The Balaban J connectivity index is 1.76. The first-order chi connectivity index (χ1) is 11.9. The number of ether oxygens (including phenoxy) is 2. The molecule has 1 amide bonds. The van der Waals surface area contributed by atoms with Crippen LogP contribution in [0.5, 0.6) is 5.75 Å². The van der Waals surface area contributed by atoms with E-state index >= 15 is 0 Å². The number of carbonyl (C=O) groups excluding carboxylic acids is 1. The average Bonchev–Trinajstić information content (AvgIpc) is 2.59. The number of piperazine rings is 1. The van der Waals surface area contributed by atoms with Gasteiger partial charge in [0.05, 0.1) is 7.11 Å². The Kier molecular flexibility index (Phi) is 4.70. The molecule has 134 valence electrons. The first kappa shape index (κ1) is 17.3. The van der Waals surface area contributed by atoms with E-state index in [1.807, 2.05) is 39.1 Å². The number of carbonyl (C=O) groups is 1. The van der Waals surface area contributed by atoms with E-state index in [0.717, 1.165) is 35.3 Å². The molecule has 1 aromatic heterocycles. The highest BCUT2D eigenvalue weighted by molar-refractivity contribution is 5.97. The summed E-state index contributed by atoms with van der Waals surface area (Å²) in [6.07, 6.45) is 3.40. The molecule has 1 aliphatic rings. The number of nitrogens with zero attached hydrogens (tertiary/aromatic N) is 3. The lowest BCUT2D eigenvalue weighted by Crippen LogP contribution is -2.50. The minimum atomic E-state index is -0.466. The number of amides is 1. The Morgan fingerprint density at radius 3 is 2.44 bits per heavy atom. The number of anilines is 1. The first-order valence-electron chi connectivity index (χ1n) is 8.52. The number of methoxy groups -OCH3 is 1. The van der Waals surface area contributed by atoms with Gasteiger partial charge in [0.15, 0.2) is 0 Å². The SMILES string of the molecule is COc1ccc(N2CCN(C(=O)OC(C)(C)C)CC2)c2cnccc12. The molecule has 0 bridgehead atoms. The van der Waals surface area contributed by atoms with Gasteiger partial charge in [-0.1, -0.05) is 0 Å². The van der Waals surface area contributed by atoms with E-state index in [0.29, 0.717) is 13.1 Å². The quantitative estimate of drug-likeness (QED) is 0.837. The molecule has 25 heavy (non-hydrogen) atoms. The van der Waals surface area contributed by atoms with Crippen LogP contribution < -0.4 is 9.64 Å². The zero-order valence-electron chi connectivity index (χ0n) is 15.3. The molecule has 0 saturated carbocycles. The second kappa shape index (κ2) is 6.78. The highest BCUT2D eigenvalue weighted by atomic mass is 16.6. The van der Waals surface area contributed by atoms with Crippen molar-refractivity contribution in [1.29, 1.82) is 0 Å². The fourth-order valence-electron chi connectivity index (χ4n) is 3.06. The van der Waals surface area contributed by atoms with Crippen molar-refractivity contribution in [1.82, 2.24) is 9.88 Å². The third kappa shape index (κ3) is 3.78. The highest BCUT2D eigenvalue weighted by Gasteiger charge is 2.26. The van der Waals surface area contributed by atoms with Gasteiger partial charge in [-0.15, -0.1) is 0 Å². The molecule has 0 radical (unpaired) electrons. The maximum Gasteiger partial charge on any atom is 0.410 e. The molecule has 1 aromatic carbocycles. The summed E-state index contributed by atoms with van der Waals surface area (Å²) in [6, 6.07) is 6.01. The lowest BCUT2D eigenvalue weighted by atomic mass is 10.1. The molecule has 3 rings (SSSR count). The lowest BCUT2D eigenvalue weighted by Gasteiger charge is -2.37. The number of aromatic nitrogens is 1. The fourth-order valence-corrected chi connectivity index (χ4v) is 3.06. The van der Waals surface area contributed by atoms with Crippen LogP contribution in [0.3, 0.4) is 0 Å². The molecule has 0 aliphatic carbocycles. The molecule has 1 saturated heterocycles. The smallest absolute Gasteiger partial charge is 0.410 e. The van der Waals surface area contributed by atoms with Crippen molar-refractivity contribution in [2.75, 3.05) is 38.2 Å². The summed E-state index contributed by atoms with van der Waals surface area (Å²) in [5.74, 6) is 0.841. The molecule has 0 spiro atoms. The number of pyridine rings is 1. The minimum absolute atomic E-state index is 0.242. The maximum atomic E-state index is 12.2. The third-order valence-electron chi connectivity index (χ3n) is 4.25. The molecule has 6 heteroatoms. The fraction of sp³-hybridized carbons (Fsp3) is 0.474. The lowest BCUT2D eigenvalue weighted by molar-refractivity contribution is 0.0241. The largest absolute Gasteiger partial charge is 0.496 e. The molecule has 2 heterocycles. The molecule has 6 nitrogen and oxygen atoms in total. The predicted octanol–water partition coefficient (Wildman–Crippen LogP) is 3.30. The first-order valence-corrected chi connectivity index (χ1v) is 8.52. The second-order valence-electron chi connectivity index (χ2n) is 7.16. The number of hydrogen-bond acceptors (Lipinski definition) is 5. The molecule has 1 aliphatic heterocycles. The topological polar surface area (TPSA) is 54.9 Å². The third-order valence-corrected chi connectivity index (χ3v) is 4.25. The summed E-state index contributed by atoms with van der Waals surface area (Å²) in [7, 11) is 1.68. The van der Waals surface area contributed by atoms with E-state index in [-0.39, 0.29) is 6.09 Å².